The van der Waals surface area contributed by atoms with Gasteiger partial charge in [0.2, 0.25) is 0 Å². The zero-order valence-corrected chi connectivity index (χ0v) is 13.2. The molecule has 3 heteroatoms. The maximum atomic E-state index is 12.3. The third-order valence-electron chi connectivity index (χ3n) is 4.21. The highest BCUT2D eigenvalue weighted by Gasteiger charge is 2.33. The average molecular weight is 287 g/mol. The second-order valence-electron chi connectivity index (χ2n) is 6.62. The summed E-state index contributed by atoms with van der Waals surface area (Å²) >= 11 is 1.75. The van der Waals surface area contributed by atoms with Crippen LogP contribution in [0, 0.1) is 12.3 Å². The number of aromatic nitrogens is 1. The summed E-state index contributed by atoms with van der Waals surface area (Å²) in [6.45, 7) is 7.48. The van der Waals surface area contributed by atoms with Crippen LogP contribution in [0.2, 0.25) is 0 Å². The monoisotopic (exact) mass is 287 g/mol. The standard InChI is InChI=1S/C17H21NOS/c1-12-8-14-15(9-17(2,3)10-16(14)19)18(12)6-4-13-5-7-20-11-13/h5,7-8,11H,4,6,9-10H2,1-3H3. The van der Waals surface area contributed by atoms with Gasteiger partial charge >= 0.3 is 0 Å². The summed E-state index contributed by atoms with van der Waals surface area (Å²) in [6.07, 6.45) is 2.72. The molecule has 1 aliphatic rings. The molecule has 0 atom stereocenters. The molecular formula is C17H21NOS. The van der Waals surface area contributed by atoms with Gasteiger partial charge in [0.15, 0.2) is 5.78 Å². The molecule has 0 saturated carbocycles. The van der Waals surface area contributed by atoms with Crippen LogP contribution in [-0.4, -0.2) is 10.4 Å². The van der Waals surface area contributed by atoms with E-state index in [0.717, 1.165) is 24.9 Å². The number of carbonyl (C=O) groups excluding carboxylic acids is 1. The smallest absolute Gasteiger partial charge is 0.165 e. The quantitative estimate of drug-likeness (QED) is 0.827. The molecule has 0 amide bonds. The molecule has 1 aliphatic carbocycles. The predicted octanol–water partition coefficient (Wildman–Crippen LogP) is 4.26. The zero-order valence-electron chi connectivity index (χ0n) is 12.4. The normalized spacial score (nSPS) is 17.2. The van der Waals surface area contributed by atoms with Crippen molar-refractivity contribution in [3.8, 4) is 0 Å². The van der Waals surface area contributed by atoms with E-state index in [9.17, 15) is 4.79 Å². The molecule has 0 unspecified atom stereocenters. The van der Waals surface area contributed by atoms with Crippen LogP contribution in [-0.2, 0) is 19.4 Å². The van der Waals surface area contributed by atoms with Gasteiger partial charge in [-0.05, 0) is 53.6 Å². The third-order valence-corrected chi connectivity index (χ3v) is 4.94. The van der Waals surface area contributed by atoms with Crippen molar-refractivity contribution in [3.05, 3.63) is 45.4 Å². The van der Waals surface area contributed by atoms with Crippen molar-refractivity contribution in [1.29, 1.82) is 0 Å². The Labute approximate surface area is 124 Å². The largest absolute Gasteiger partial charge is 0.348 e. The van der Waals surface area contributed by atoms with Crippen LogP contribution in [0.3, 0.4) is 0 Å². The summed E-state index contributed by atoms with van der Waals surface area (Å²) in [4.78, 5) is 12.3. The van der Waals surface area contributed by atoms with Crippen LogP contribution in [0.25, 0.3) is 0 Å². The molecule has 0 radical (unpaired) electrons. The summed E-state index contributed by atoms with van der Waals surface area (Å²) < 4.78 is 2.35. The minimum absolute atomic E-state index is 0.0923. The van der Waals surface area contributed by atoms with E-state index in [2.05, 4.69) is 48.2 Å². The van der Waals surface area contributed by atoms with Crippen LogP contribution in [0.5, 0.6) is 0 Å². The number of rotatable bonds is 3. The van der Waals surface area contributed by atoms with Crippen LogP contribution >= 0.6 is 11.3 Å². The molecule has 0 spiro atoms. The van der Waals surface area contributed by atoms with E-state index in [4.69, 9.17) is 0 Å². The summed E-state index contributed by atoms with van der Waals surface area (Å²) in [5.74, 6) is 0.314. The highest BCUT2D eigenvalue weighted by molar-refractivity contribution is 7.07. The average Bonchev–Trinajstić information content (AvgIpc) is 2.94. The van der Waals surface area contributed by atoms with E-state index in [0.29, 0.717) is 12.2 Å². The van der Waals surface area contributed by atoms with E-state index < -0.39 is 0 Å². The summed E-state index contributed by atoms with van der Waals surface area (Å²) in [7, 11) is 0. The lowest BCUT2D eigenvalue weighted by atomic mass is 9.76. The second-order valence-corrected chi connectivity index (χ2v) is 7.40. The Bertz CT molecular complexity index is 634. The van der Waals surface area contributed by atoms with Crippen molar-refractivity contribution in [2.45, 2.75) is 46.6 Å². The maximum Gasteiger partial charge on any atom is 0.165 e. The van der Waals surface area contributed by atoms with Crippen LogP contribution < -0.4 is 0 Å². The SMILES string of the molecule is Cc1cc2c(n1CCc1ccsc1)CC(C)(C)CC2=O. The number of nitrogens with zero attached hydrogens (tertiary/aromatic N) is 1. The van der Waals surface area contributed by atoms with Gasteiger partial charge in [-0.1, -0.05) is 13.8 Å². The Morgan fingerprint density at radius 3 is 2.85 bits per heavy atom. The first-order valence-corrected chi connectivity index (χ1v) is 8.14. The van der Waals surface area contributed by atoms with Gasteiger partial charge in [0.1, 0.15) is 0 Å². The molecule has 2 nitrogen and oxygen atoms in total. The van der Waals surface area contributed by atoms with Gasteiger partial charge in [0.05, 0.1) is 0 Å². The Balaban J connectivity index is 1.90. The summed E-state index contributed by atoms with van der Waals surface area (Å²) in [5.41, 5.74) is 4.91. The third kappa shape index (κ3) is 2.47. The molecule has 0 fully saturated rings. The number of carbonyl (C=O) groups is 1. The van der Waals surface area contributed by atoms with Gasteiger partial charge in [0, 0.05) is 29.9 Å². The van der Waals surface area contributed by atoms with E-state index in [1.165, 1.54) is 17.0 Å². The molecule has 0 aliphatic heterocycles. The van der Waals surface area contributed by atoms with Crippen molar-refractivity contribution in [2.24, 2.45) is 5.41 Å². The second kappa shape index (κ2) is 4.88. The zero-order chi connectivity index (χ0) is 14.3. The van der Waals surface area contributed by atoms with Crippen LogP contribution in [0.4, 0.5) is 0 Å². The van der Waals surface area contributed by atoms with Crippen molar-refractivity contribution in [3.63, 3.8) is 0 Å². The molecule has 20 heavy (non-hydrogen) atoms. The molecular weight excluding hydrogens is 266 g/mol. The van der Waals surface area contributed by atoms with Crippen molar-refractivity contribution >= 4 is 17.1 Å². The molecule has 0 N–H and O–H groups in total. The van der Waals surface area contributed by atoms with Gasteiger partial charge in [-0.3, -0.25) is 4.79 Å². The Morgan fingerprint density at radius 2 is 2.15 bits per heavy atom. The molecule has 2 aromatic heterocycles. The van der Waals surface area contributed by atoms with Crippen LogP contribution in [0.1, 0.15) is 47.6 Å². The molecule has 2 heterocycles. The first-order valence-electron chi connectivity index (χ1n) is 7.19. The van der Waals surface area contributed by atoms with Gasteiger partial charge < -0.3 is 4.57 Å². The van der Waals surface area contributed by atoms with Gasteiger partial charge in [-0.25, -0.2) is 0 Å². The van der Waals surface area contributed by atoms with E-state index in [-0.39, 0.29) is 5.41 Å². The summed E-state index contributed by atoms with van der Waals surface area (Å²) in [6, 6.07) is 4.27. The minimum Gasteiger partial charge on any atom is -0.348 e. The fraction of sp³-hybridized carbons (Fsp3) is 0.471. The number of Topliss-reactive ketones (excluding diaryl/α,β-unsaturated/α-hetero) is 1. The van der Waals surface area contributed by atoms with E-state index in [1.54, 1.807) is 11.3 Å². The molecule has 106 valence electrons. The highest BCUT2D eigenvalue weighted by Crippen LogP contribution is 2.36. The fourth-order valence-electron chi connectivity index (χ4n) is 3.19. The van der Waals surface area contributed by atoms with Crippen molar-refractivity contribution in [1.82, 2.24) is 4.57 Å². The number of hydrogen-bond acceptors (Lipinski definition) is 2. The predicted molar refractivity (Wildman–Crippen MR) is 83.6 cm³/mol. The lowest BCUT2D eigenvalue weighted by Gasteiger charge is -2.29. The summed E-state index contributed by atoms with van der Waals surface area (Å²) in [5, 5.41) is 4.33. The van der Waals surface area contributed by atoms with Crippen molar-refractivity contribution in [2.75, 3.05) is 0 Å². The molecule has 0 bridgehead atoms. The maximum absolute atomic E-state index is 12.3. The minimum atomic E-state index is 0.0923. The number of fused-ring (bicyclic) bond motifs is 1. The number of hydrogen-bond donors (Lipinski definition) is 0. The van der Waals surface area contributed by atoms with Crippen LogP contribution in [0.15, 0.2) is 22.9 Å². The Morgan fingerprint density at radius 1 is 1.35 bits per heavy atom. The number of ketones is 1. The topological polar surface area (TPSA) is 22.0 Å². The molecule has 0 saturated heterocycles. The Hall–Kier alpha value is -1.35. The number of aryl methyl sites for hydroxylation is 2. The molecule has 3 rings (SSSR count). The number of thiophene rings is 1. The first-order chi connectivity index (χ1) is 9.46. The van der Waals surface area contributed by atoms with Gasteiger partial charge in [0.25, 0.3) is 0 Å². The molecule has 2 aromatic rings. The van der Waals surface area contributed by atoms with Gasteiger partial charge in [-0.15, -0.1) is 0 Å². The van der Waals surface area contributed by atoms with Crippen molar-refractivity contribution < 1.29 is 4.79 Å². The lowest BCUT2D eigenvalue weighted by Crippen LogP contribution is -2.28. The van der Waals surface area contributed by atoms with E-state index >= 15 is 0 Å². The Kier molecular flexibility index (Phi) is 3.33. The first kappa shape index (κ1) is 13.6. The molecule has 0 aromatic carbocycles. The van der Waals surface area contributed by atoms with E-state index in [1.807, 2.05) is 0 Å². The van der Waals surface area contributed by atoms with Gasteiger partial charge in [-0.2, -0.15) is 11.3 Å². The highest BCUT2D eigenvalue weighted by atomic mass is 32.1. The lowest BCUT2D eigenvalue weighted by molar-refractivity contribution is 0.0910. The fourth-order valence-corrected chi connectivity index (χ4v) is 3.90.